The summed E-state index contributed by atoms with van der Waals surface area (Å²) in [6.45, 7) is 2.47. The molecule has 26 heavy (non-hydrogen) atoms. The number of hydrogen-bond acceptors (Lipinski definition) is 3. The number of carbonyl (C=O) groups is 1. The summed E-state index contributed by atoms with van der Waals surface area (Å²) < 4.78 is 49.2. The van der Waals surface area contributed by atoms with Crippen LogP contribution >= 0.6 is 15.9 Å². The first-order valence-corrected chi connectivity index (χ1v) is 10.3. The molecular formula is C18H16BrF2NO3S. The van der Waals surface area contributed by atoms with Gasteiger partial charge in [0.05, 0.1) is 10.6 Å². The van der Waals surface area contributed by atoms with Crippen LogP contribution in [0.15, 0.2) is 45.8 Å². The molecule has 0 spiro atoms. The quantitative estimate of drug-likeness (QED) is 0.708. The summed E-state index contributed by atoms with van der Waals surface area (Å²) in [5, 5.41) is 0. The normalized spacial score (nSPS) is 14.4. The minimum Gasteiger partial charge on any atom is -0.308 e. The molecule has 138 valence electrons. The van der Waals surface area contributed by atoms with Crippen LogP contribution in [0.4, 0.5) is 14.5 Å². The lowest BCUT2D eigenvalue weighted by Crippen LogP contribution is -2.36. The van der Waals surface area contributed by atoms with Gasteiger partial charge in [-0.05, 0) is 67.3 Å². The fourth-order valence-electron chi connectivity index (χ4n) is 3.17. The predicted molar refractivity (Wildman–Crippen MR) is 98.5 cm³/mol. The van der Waals surface area contributed by atoms with Gasteiger partial charge < -0.3 is 4.90 Å². The number of fused-ring (bicyclic) bond motifs is 1. The summed E-state index contributed by atoms with van der Waals surface area (Å²) >= 11 is 3.46. The number of halogens is 3. The zero-order valence-electron chi connectivity index (χ0n) is 13.9. The number of nitrogens with zero attached hydrogens (tertiary/aromatic N) is 1. The Hall–Kier alpha value is -1.80. The van der Waals surface area contributed by atoms with Gasteiger partial charge in [-0.15, -0.1) is 0 Å². The van der Waals surface area contributed by atoms with Gasteiger partial charge in [0, 0.05) is 16.6 Å². The molecule has 1 amide bonds. The second kappa shape index (κ2) is 7.08. The van der Waals surface area contributed by atoms with E-state index in [-0.39, 0.29) is 11.5 Å². The fourth-order valence-corrected chi connectivity index (χ4v) is 4.51. The fraction of sp³-hybridized carbons (Fsp3) is 0.278. The largest absolute Gasteiger partial charge is 0.341 e. The second-order valence-corrected chi connectivity index (χ2v) is 8.95. The minimum absolute atomic E-state index is 0.258. The van der Waals surface area contributed by atoms with E-state index in [1.165, 1.54) is 12.1 Å². The monoisotopic (exact) mass is 443 g/mol. The van der Waals surface area contributed by atoms with E-state index in [1.54, 1.807) is 4.90 Å². The van der Waals surface area contributed by atoms with Gasteiger partial charge in [-0.1, -0.05) is 15.9 Å². The molecule has 0 saturated carbocycles. The molecule has 1 aliphatic heterocycles. The van der Waals surface area contributed by atoms with Crippen LogP contribution in [-0.2, 0) is 16.3 Å². The predicted octanol–water partition coefficient (Wildman–Crippen LogP) is 4.35. The summed E-state index contributed by atoms with van der Waals surface area (Å²) in [5.74, 6) is -3.77. The molecule has 0 aromatic heterocycles. The average Bonchev–Trinajstić information content (AvgIpc) is 2.60. The molecule has 0 bridgehead atoms. The maximum atomic E-state index is 12.9. The molecule has 0 aliphatic carbocycles. The summed E-state index contributed by atoms with van der Waals surface area (Å²) in [4.78, 5) is 14.1. The first kappa shape index (κ1) is 19.0. The highest BCUT2D eigenvalue weighted by molar-refractivity contribution is 9.10. The van der Waals surface area contributed by atoms with E-state index in [1.807, 2.05) is 19.1 Å². The van der Waals surface area contributed by atoms with Gasteiger partial charge >= 0.3 is 5.76 Å². The van der Waals surface area contributed by atoms with Gasteiger partial charge in [0.25, 0.3) is 5.91 Å². The zero-order valence-corrected chi connectivity index (χ0v) is 16.3. The van der Waals surface area contributed by atoms with Crippen LogP contribution in [-0.4, -0.2) is 26.6 Å². The number of hydrogen-bond donors (Lipinski definition) is 0. The van der Waals surface area contributed by atoms with Crippen molar-refractivity contribution in [1.29, 1.82) is 0 Å². The average molecular weight is 444 g/mol. The van der Waals surface area contributed by atoms with Crippen LogP contribution < -0.4 is 4.90 Å². The van der Waals surface area contributed by atoms with E-state index in [0.717, 1.165) is 46.3 Å². The Kier molecular flexibility index (Phi) is 5.16. The van der Waals surface area contributed by atoms with Crippen molar-refractivity contribution in [2.24, 2.45) is 0 Å². The zero-order chi connectivity index (χ0) is 19.1. The van der Waals surface area contributed by atoms with Gasteiger partial charge in [0.2, 0.25) is 9.84 Å². The number of benzene rings is 2. The Labute approximate surface area is 158 Å². The summed E-state index contributed by atoms with van der Waals surface area (Å²) in [7, 11) is -4.67. The Bertz CT molecular complexity index is 959. The molecule has 1 aliphatic rings. The molecule has 1 heterocycles. The highest BCUT2D eigenvalue weighted by Crippen LogP contribution is 2.34. The third-order valence-corrected chi connectivity index (χ3v) is 6.21. The van der Waals surface area contributed by atoms with E-state index in [9.17, 15) is 22.0 Å². The van der Waals surface area contributed by atoms with Gasteiger partial charge in [-0.25, -0.2) is 8.42 Å². The molecule has 2 aromatic carbocycles. The Morgan fingerprint density at radius 1 is 1.19 bits per heavy atom. The van der Waals surface area contributed by atoms with E-state index in [2.05, 4.69) is 15.9 Å². The summed E-state index contributed by atoms with van der Waals surface area (Å²) in [6, 6.07) is 8.57. The Morgan fingerprint density at radius 3 is 2.46 bits per heavy atom. The maximum Gasteiger partial charge on any atom is 0.341 e. The number of aryl methyl sites for hydroxylation is 2. The van der Waals surface area contributed by atoms with Crippen LogP contribution in [0.5, 0.6) is 0 Å². The number of alkyl halides is 2. The first-order chi connectivity index (χ1) is 12.2. The molecule has 0 N–H and O–H groups in total. The number of anilines is 1. The standard InChI is InChI=1S/C18H16BrF2NO3S/c1-11-9-14(19)10-13-3-2-8-22(16(11)13)17(23)12-4-6-15(7-5-12)26(24,25)18(20)21/h4-7,9-10,18H,2-3,8H2,1H3. The van der Waals surface area contributed by atoms with Crippen LogP contribution in [0.3, 0.4) is 0 Å². The van der Waals surface area contributed by atoms with Crippen LogP contribution in [0.25, 0.3) is 0 Å². The van der Waals surface area contributed by atoms with Crippen molar-refractivity contribution in [2.75, 3.05) is 11.4 Å². The smallest absolute Gasteiger partial charge is 0.308 e. The maximum absolute atomic E-state index is 12.9. The molecule has 0 saturated heterocycles. The lowest BCUT2D eigenvalue weighted by Gasteiger charge is -2.31. The third-order valence-electron chi connectivity index (χ3n) is 4.35. The topological polar surface area (TPSA) is 54.5 Å². The van der Waals surface area contributed by atoms with Crippen molar-refractivity contribution in [3.05, 3.63) is 57.6 Å². The van der Waals surface area contributed by atoms with Crippen LogP contribution in [0, 0.1) is 6.92 Å². The molecule has 2 aromatic rings. The van der Waals surface area contributed by atoms with E-state index >= 15 is 0 Å². The molecular weight excluding hydrogens is 428 g/mol. The van der Waals surface area contributed by atoms with Crippen molar-refractivity contribution in [2.45, 2.75) is 30.4 Å². The molecule has 0 unspecified atom stereocenters. The first-order valence-electron chi connectivity index (χ1n) is 7.95. The van der Waals surface area contributed by atoms with Crippen LogP contribution in [0.1, 0.15) is 27.9 Å². The van der Waals surface area contributed by atoms with Gasteiger partial charge in [-0.2, -0.15) is 8.78 Å². The van der Waals surface area contributed by atoms with Crippen molar-refractivity contribution in [1.82, 2.24) is 0 Å². The Balaban J connectivity index is 1.95. The number of carbonyl (C=O) groups excluding carboxylic acids is 1. The lowest BCUT2D eigenvalue weighted by atomic mass is 9.97. The van der Waals surface area contributed by atoms with Crippen molar-refractivity contribution in [3.63, 3.8) is 0 Å². The Morgan fingerprint density at radius 2 is 1.85 bits per heavy atom. The van der Waals surface area contributed by atoms with Gasteiger partial charge in [0.15, 0.2) is 0 Å². The van der Waals surface area contributed by atoms with Crippen LogP contribution in [0.2, 0.25) is 0 Å². The van der Waals surface area contributed by atoms with Crippen molar-refractivity contribution < 1.29 is 22.0 Å². The second-order valence-electron chi connectivity index (χ2n) is 6.12. The molecule has 0 fully saturated rings. The third kappa shape index (κ3) is 3.40. The van der Waals surface area contributed by atoms with Crippen molar-refractivity contribution in [3.8, 4) is 0 Å². The minimum atomic E-state index is -4.67. The van der Waals surface area contributed by atoms with E-state index < -0.39 is 20.5 Å². The lowest BCUT2D eigenvalue weighted by molar-refractivity contribution is 0.0985. The summed E-state index contributed by atoms with van der Waals surface area (Å²) in [6.07, 6.45) is 1.68. The summed E-state index contributed by atoms with van der Waals surface area (Å²) in [5.41, 5.74) is 3.13. The van der Waals surface area contributed by atoms with E-state index in [0.29, 0.717) is 6.54 Å². The molecule has 4 nitrogen and oxygen atoms in total. The van der Waals surface area contributed by atoms with Crippen molar-refractivity contribution >= 4 is 37.4 Å². The van der Waals surface area contributed by atoms with E-state index in [4.69, 9.17) is 0 Å². The number of rotatable bonds is 3. The highest BCUT2D eigenvalue weighted by Gasteiger charge is 2.28. The number of amides is 1. The highest BCUT2D eigenvalue weighted by atomic mass is 79.9. The molecule has 3 rings (SSSR count). The number of sulfone groups is 1. The molecule has 0 atom stereocenters. The molecule has 0 radical (unpaired) electrons. The molecule has 8 heteroatoms. The van der Waals surface area contributed by atoms with Gasteiger partial charge in [0.1, 0.15) is 0 Å². The SMILES string of the molecule is Cc1cc(Br)cc2c1N(C(=O)c1ccc(S(=O)(=O)C(F)F)cc1)CCC2. The van der Waals surface area contributed by atoms with Gasteiger partial charge in [-0.3, -0.25) is 4.79 Å².